The molecule has 112 valence electrons. The second-order valence-corrected chi connectivity index (χ2v) is 5.68. The first kappa shape index (κ1) is 14.3. The lowest BCUT2D eigenvalue weighted by Crippen LogP contribution is -2.12. The third kappa shape index (κ3) is 3.34. The number of carbonyl (C=O) groups excluding carboxylic acids is 1. The van der Waals surface area contributed by atoms with Crippen molar-refractivity contribution in [3.8, 4) is 0 Å². The summed E-state index contributed by atoms with van der Waals surface area (Å²) in [4.78, 5) is 19.4. The van der Waals surface area contributed by atoms with Gasteiger partial charge >= 0.3 is 0 Å². The van der Waals surface area contributed by atoms with Gasteiger partial charge in [-0.05, 0) is 61.2 Å². The van der Waals surface area contributed by atoms with Crippen LogP contribution in [0.1, 0.15) is 23.1 Å². The average Bonchev–Trinajstić information content (AvgIpc) is 2.91. The highest BCUT2D eigenvalue weighted by atomic mass is 16.1. The van der Waals surface area contributed by atoms with Crippen LogP contribution in [0.25, 0.3) is 11.0 Å². The summed E-state index contributed by atoms with van der Waals surface area (Å²) in [7, 11) is 0. The van der Waals surface area contributed by atoms with Gasteiger partial charge in [-0.3, -0.25) is 4.79 Å². The van der Waals surface area contributed by atoms with Crippen molar-refractivity contribution in [3.05, 3.63) is 59.4 Å². The second-order valence-electron chi connectivity index (χ2n) is 5.68. The molecule has 22 heavy (non-hydrogen) atoms. The lowest BCUT2D eigenvalue weighted by Gasteiger charge is -2.07. The van der Waals surface area contributed by atoms with E-state index in [1.165, 1.54) is 0 Å². The van der Waals surface area contributed by atoms with Crippen LogP contribution < -0.4 is 5.32 Å². The number of benzene rings is 2. The number of imidazole rings is 1. The number of fused-ring (bicyclic) bond motifs is 1. The minimum Gasteiger partial charge on any atom is -0.345 e. The largest absolute Gasteiger partial charge is 0.345 e. The second kappa shape index (κ2) is 6.02. The van der Waals surface area contributed by atoms with E-state index in [9.17, 15) is 4.79 Å². The van der Waals surface area contributed by atoms with Crippen LogP contribution in [-0.2, 0) is 11.2 Å². The van der Waals surface area contributed by atoms with Crippen molar-refractivity contribution in [2.75, 3.05) is 5.32 Å². The van der Waals surface area contributed by atoms with Gasteiger partial charge < -0.3 is 10.3 Å². The van der Waals surface area contributed by atoms with Gasteiger partial charge in [0.25, 0.3) is 0 Å². The van der Waals surface area contributed by atoms with E-state index in [1.54, 1.807) is 6.33 Å². The summed E-state index contributed by atoms with van der Waals surface area (Å²) in [5, 5.41) is 2.97. The molecule has 0 saturated heterocycles. The summed E-state index contributed by atoms with van der Waals surface area (Å²) in [6, 6.07) is 12.1. The predicted octanol–water partition coefficient (Wildman–Crippen LogP) is 3.75. The van der Waals surface area contributed by atoms with Gasteiger partial charge in [-0.2, -0.15) is 0 Å². The molecular weight excluding hydrogens is 274 g/mol. The van der Waals surface area contributed by atoms with E-state index in [-0.39, 0.29) is 5.91 Å². The topological polar surface area (TPSA) is 57.8 Å². The summed E-state index contributed by atoms with van der Waals surface area (Å²) < 4.78 is 0. The van der Waals surface area contributed by atoms with Crippen LogP contribution in [0.2, 0.25) is 0 Å². The summed E-state index contributed by atoms with van der Waals surface area (Å²) in [6.45, 7) is 4.06. The lowest BCUT2D eigenvalue weighted by molar-refractivity contribution is -0.116. The van der Waals surface area contributed by atoms with Crippen LogP contribution in [-0.4, -0.2) is 15.9 Å². The molecule has 0 atom stereocenters. The Labute approximate surface area is 129 Å². The van der Waals surface area contributed by atoms with Crippen molar-refractivity contribution in [2.24, 2.45) is 0 Å². The van der Waals surface area contributed by atoms with Crippen LogP contribution in [0.15, 0.2) is 42.7 Å². The molecule has 0 aliphatic carbocycles. The molecule has 0 fully saturated rings. The van der Waals surface area contributed by atoms with E-state index in [1.807, 2.05) is 44.2 Å². The molecule has 0 radical (unpaired) electrons. The van der Waals surface area contributed by atoms with Crippen LogP contribution in [0.5, 0.6) is 0 Å². The molecule has 2 N–H and O–H groups in total. The summed E-state index contributed by atoms with van der Waals surface area (Å²) in [5.41, 5.74) is 6.26. The number of aromatic amines is 1. The normalized spacial score (nSPS) is 10.8. The van der Waals surface area contributed by atoms with Gasteiger partial charge in [0, 0.05) is 12.1 Å². The molecule has 4 heteroatoms. The SMILES string of the molecule is Cc1cc(C)cc(NC(=O)CCc2ccc3nc[nH]c3c2)c1. The van der Waals surface area contributed by atoms with Crippen molar-refractivity contribution >= 4 is 22.6 Å². The summed E-state index contributed by atoms with van der Waals surface area (Å²) >= 11 is 0. The third-order valence-corrected chi connectivity index (χ3v) is 3.63. The van der Waals surface area contributed by atoms with Gasteiger partial charge in [-0.25, -0.2) is 4.98 Å². The van der Waals surface area contributed by atoms with Gasteiger partial charge in [0.1, 0.15) is 0 Å². The number of anilines is 1. The molecule has 0 aliphatic heterocycles. The standard InChI is InChI=1S/C18H19N3O/c1-12-7-13(2)9-15(8-12)21-18(22)6-4-14-3-5-16-17(10-14)20-11-19-16/h3,5,7-11H,4,6H2,1-2H3,(H,19,20)(H,21,22). The van der Waals surface area contributed by atoms with Crippen molar-refractivity contribution < 1.29 is 4.79 Å². The quantitative estimate of drug-likeness (QED) is 0.769. The molecule has 0 saturated carbocycles. The summed E-state index contributed by atoms with van der Waals surface area (Å²) in [5.74, 6) is 0.0368. The Kier molecular flexibility index (Phi) is 3.92. The molecular formula is C18H19N3O. The fourth-order valence-electron chi connectivity index (χ4n) is 2.67. The zero-order valence-corrected chi connectivity index (χ0v) is 12.8. The molecule has 0 aliphatic rings. The minimum atomic E-state index is 0.0368. The zero-order valence-electron chi connectivity index (χ0n) is 12.8. The molecule has 2 aromatic carbocycles. The fraction of sp³-hybridized carbons (Fsp3) is 0.222. The number of rotatable bonds is 4. The lowest BCUT2D eigenvalue weighted by atomic mass is 10.1. The van der Waals surface area contributed by atoms with Crippen molar-refractivity contribution in [1.29, 1.82) is 0 Å². The molecule has 1 heterocycles. The summed E-state index contributed by atoms with van der Waals surface area (Å²) in [6.07, 6.45) is 2.86. The highest BCUT2D eigenvalue weighted by molar-refractivity contribution is 5.91. The van der Waals surface area contributed by atoms with E-state index >= 15 is 0 Å². The molecule has 3 aromatic rings. The van der Waals surface area contributed by atoms with Crippen molar-refractivity contribution in [3.63, 3.8) is 0 Å². The number of carbonyl (C=O) groups is 1. The van der Waals surface area contributed by atoms with Crippen molar-refractivity contribution in [1.82, 2.24) is 9.97 Å². The Balaban J connectivity index is 1.61. The molecule has 3 rings (SSSR count). The number of aromatic nitrogens is 2. The van der Waals surface area contributed by atoms with E-state index in [0.29, 0.717) is 12.8 Å². The van der Waals surface area contributed by atoms with Gasteiger partial charge in [-0.1, -0.05) is 12.1 Å². The Morgan fingerprint density at radius 1 is 1.14 bits per heavy atom. The first-order chi connectivity index (χ1) is 10.6. The van der Waals surface area contributed by atoms with Gasteiger partial charge in [-0.15, -0.1) is 0 Å². The number of amides is 1. The number of hydrogen-bond acceptors (Lipinski definition) is 2. The molecule has 0 spiro atoms. The predicted molar refractivity (Wildman–Crippen MR) is 89.0 cm³/mol. The van der Waals surface area contributed by atoms with Crippen LogP contribution >= 0.6 is 0 Å². The van der Waals surface area contributed by atoms with Crippen LogP contribution in [0.4, 0.5) is 5.69 Å². The first-order valence-electron chi connectivity index (χ1n) is 7.40. The average molecular weight is 293 g/mol. The number of H-pyrrole nitrogens is 1. The minimum absolute atomic E-state index is 0.0368. The Hall–Kier alpha value is -2.62. The van der Waals surface area contributed by atoms with Crippen LogP contribution in [0, 0.1) is 13.8 Å². The monoisotopic (exact) mass is 293 g/mol. The molecule has 0 bridgehead atoms. The number of nitrogens with zero attached hydrogens (tertiary/aromatic N) is 1. The third-order valence-electron chi connectivity index (χ3n) is 3.63. The molecule has 1 aromatic heterocycles. The maximum atomic E-state index is 12.1. The smallest absolute Gasteiger partial charge is 0.224 e. The number of hydrogen-bond donors (Lipinski definition) is 2. The Bertz CT molecular complexity index is 800. The highest BCUT2D eigenvalue weighted by Gasteiger charge is 2.05. The van der Waals surface area contributed by atoms with Gasteiger partial charge in [0.05, 0.1) is 17.4 Å². The van der Waals surface area contributed by atoms with Crippen LogP contribution in [0.3, 0.4) is 0 Å². The number of aryl methyl sites for hydroxylation is 3. The maximum Gasteiger partial charge on any atom is 0.224 e. The van der Waals surface area contributed by atoms with E-state index in [4.69, 9.17) is 0 Å². The molecule has 0 unspecified atom stereocenters. The van der Waals surface area contributed by atoms with E-state index in [2.05, 4.69) is 21.4 Å². The van der Waals surface area contributed by atoms with E-state index < -0.39 is 0 Å². The number of nitrogens with one attached hydrogen (secondary N) is 2. The molecule has 1 amide bonds. The maximum absolute atomic E-state index is 12.1. The van der Waals surface area contributed by atoms with Gasteiger partial charge in [0.15, 0.2) is 0 Å². The van der Waals surface area contributed by atoms with Crippen molar-refractivity contribution in [2.45, 2.75) is 26.7 Å². The van der Waals surface area contributed by atoms with Gasteiger partial charge in [0.2, 0.25) is 5.91 Å². The Morgan fingerprint density at radius 3 is 2.68 bits per heavy atom. The highest BCUT2D eigenvalue weighted by Crippen LogP contribution is 2.16. The zero-order chi connectivity index (χ0) is 15.5. The molecule has 4 nitrogen and oxygen atoms in total. The van der Waals surface area contributed by atoms with E-state index in [0.717, 1.165) is 33.4 Å². The fourth-order valence-corrected chi connectivity index (χ4v) is 2.67. The Morgan fingerprint density at radius 2 is 1.91 bits per heavy atom. The first-order valence-corrected chi connectivity index (χ1v) is 7.40.